The van der Waals surface area contributed by atoms with Gasteiger partial charge in [0.15, 0.2) is 0 Å². The Balaban J connectivity index is 2.23. The van der Waals surface area contributed by atoms with Crippen LogP contribution in [0.15, 0.2) is 22.8 Å². The van der Waals surface area contributed by atoms with Crippen LogP contribution >= 0.6 is 0 Å². The van der Waals surface area contributed by atoms with Crippen molar-refractivity contribution in [2.24, 2.45) is 28.6 Å². The van der Waals surface area contributed by atoms with Gasteiger partial charge in [0.1, 0.15) is 18.8 Å². The fourth-order valence-electron chi connectivity index (χ4n) is 6.53. The molecule has 0 aromatic rings. The second-order valence-electron chi connectivity index (χ2n) is 12.7. The van der Waals surface area contributed by atoms with Crippen molar-refractivity contribution in [1.82, 2.24) is 0 Å². The lowest BCUT2D eigenvalue weighted by Gasteiger charge is -2.58. The molecule has 1 fully saturated rings. The molecule has 200 valence electrons. The maximum Gasteiger partial charge on any atom is 0.306 e. The molecule has 0 radical (unpaired) electrons. The molecule has 4 atom stereocenters. The number of carbonyl (C=O) groups is 2. The first-order valence-corrected chi connectivity index (χ1v) is 13.6. The predicted octanol–water partition coefficient (Wildman–Crippen LogP) is 6.78. The smallest absolute Gasteiger partial charge is 0.306 e. The predicted molar refractivity (Wildman–Crippen MR) is 141 cm³/mol. The quantitative estimate of drug-likeness (QED) is 0.270. The van der Waals surface area contributed by atoms with E-state index in [4.69, 9.17) is 9.47 Å². The molecule has 0 spiro atoms. The second kappa shape index (κ2) is 12.1. The lowest BCUT2D eigenvalue weighted by atomic mass is 9.48. The maximum atomic E-state index is 12.7. The molecule has 2 aliphatic carbocycles. The fourth-order valence-corrected chi connectivity index (χ4v) is 6.53. The van der Waals surface area contributed by atoms with E-state index in [-0.39, 0.29) is 34.6 Å². The number of rotatable bonds is 10. The van der Waals surface area contributed by atoms with E-state index in [0.717, 1.165) is 37.7 Å². The molecule has 0 heterocycles. The molecule has 0 amide bonds. The summed E-state index contributed by atoms with van der Waals surface area (Å²) < 4.78 is 11.4. The number of ether oxygens (including phenoxy) is 2. The summed E-state index contributed by atoms with van der Waals surface area (Å²) in [5.74, 6) is 0.211. The largest absolute Gasteiger partial charge is 0.461 e. The molecule has 0 aliphatic heterocycles. The van der Waals surface area contributed by atoms with Crippen LogP contribution in [-0.4, -0.2) is 35.9 Å². The first-order valence-electron chi connectivity index (χ1n) is 13.6. The van der Waals surface area contributed by atoms with Gasteiger partial charge in [-0.2, -0.15) is 0 Å². The van der Waals surface area contributed by atoms with Gasteiger partial charge in [0.05, 0.1) is 0 Å². The minimum atomic E-state index is -0.780. The van der Waals surface area contributed by atoms with Crippen molar-refractivity contribution in [3.8, 4) is 0 Å². The molecule has 0 aromatic carbocycles. The van der Waals surface area contributed by atoms with Crippen molar-refractivity contribution in [3.05, 3.63) is 22.8 Å². The minimum Gasteiger partial charge on any atom is -0.461 e. The summed E-state index contributed by atoms with van der Waals surface area (Å²) in [5, 5.41) is 11.4. The van der Waals surface area contributed by atoms with Crippen LogP contribution < -0.4 is 0 Å². The number of hydrogen-bond acceptors (Lipinski definition) is 5. The van der Waals surface area contributed by atoms with Crippen LogP contribution in [-0.2, 0) is 19.1 Å². The van der Waals surface area contributed by atoms with E-state index in [0.29, 0.717) is 25.4 Å². The summed E-state index contributed by atoms with van der Waals surface area (Å²) in [5.41, 5.74) is 3.28. The van der Waals surface area contributed by atoms with Crippen LogP contribution in [0.25, 0.3) is 0 Å². The van der Waals surface area contributed by atoms with E-state index >= 15 is 0 Å². The lowest BCUT2D eigenvalue weighted by Crippen LogP contribution is -2.58. The van der Waals surface area contributed by atoms with Gasteiger partial charge in [-0.05, 0) is 73.8 Å². The van der Waals surface area contributed by atoms with Crippen molar-refractivity contribution in [3.63, 3.8) is 0 Å². The SMILES string of the molecule is CC1=C(CC/C(C)=C/COC(=O)CC(C)C)[C@@]2(C)CCCC(C)(C)[C@@H]2[C@H](OC(=O)CC(C)C)[C@H]1O. The Morgan fingerprint density at radius 1 is 1.06 bits per heavy atom. The van der Waals surface area contributed by atoms with Gasteiger partial charge in [-0.15, -0.1) is 0 Å². The highest BCUT2D eigenvalue weighted by Crippen LogP contribution is 2.61. The van der Waals surface area contributed by atoms with E-state index in [1.807, 2.05) is 40.7 Å². The van der Waals surface area contributed by atoms with Crippen LogP contribution in [0, 0.1) is 28.6 Å². The van der Waals surface area contributed by atoms with Gasteiger partial charge in [0, 0.05) is 18.8 Å². The Morgan fingerprint density at radius 3 is 2.26 bits per heavy atom. The second-order valence-corrected chi connectivity index (χ2v) is 12.7. The molecular formula is C30H50O5. The van der Waals surface area contributed by atoms with Gasteiger partial charge >= 0.3 is 11.9 Å². The van der Waals surface area contributed by atoms with E-state index in [2.05, 4.69) is 27.7 Å². The Morgan fingerprint density at radius 2 is 1.66 bits per heavy atom. The lowest BCUT2D eigenvalue weighted by molar-refractivity contribution is -0.176. The molecule has 0 saturated heterocycles. The van der Waals surface area contributed by atoms with Crippen LogP contribution in [0.5, 0.6) is 0 Å². The van der Waals surface area contributed by atoms with Crippen LogP contribution in [0.3, 0.4) is 0 Å². The molecule has 1 N–H and O–H groups in total. The standard InChI is InChI=1S/C30H50O5/c1-19(2)17-24(31)34-16-13-21(5)11-12-23-22(6)26(33)27(35-25(32)18-20(3)4)28-29(7,8)14-10-15-30(23,28)9/h13,19-20,26-28,33H,10-12,14-18H2,1-9H3/b21-13+/t26-,27+,28-,30+/m0/s1. The van der Waals surface area contributed by atoms with Crippen LogP contribution in [0.2, 0.25) is 0 Å². The number of fused-ring (bicyclic) bond motifs is 1. The summed E-state index contributed by atoms with van der Waals surface area (Å²) in [6, 6.07) is 0. The van der Waals surface area contributed by atoms with Crippen molar-refractivity contribution in [2.75, 3.05) is 6.61 Å². The van der Waals surface area contributed by atoms with E-state index < -0.39 is 12.2 Å². The molecule has 0 bridgehead atoms. The zero-order valence-electron chi connectivity index (χ0n) is 23.7. The Bertz CT molecular complexity index is 819. The number of esters is 2. The van der Waals surface area contributed by atoms with Crippen LogP contribution in [0.1, 0.15) is 107 Å². The topological polar surface area (TPSA) is 72.8 Å². The van der Waals surface area contributed by atoms with Crippen molar-refractivity contribution < 1.29 is 24.2 Å². The highest BCUT2D eigenvalue weighted by molar-refractivity contribution is 5.70. The monoisotopic (exact) mass is 490 g/mol. The molecule has 0 aromatic heterocycles. The Hall–Kier alpha value is -1.62. The fraction of sp³-hybridized carbons (Fsp3) is 0.800. The molecule has 5 nitrogen and oxygen atoms in total. The first kappa shape index (κ1) is 29.6. The van der Waals surface area contributed by atoms with Gasteiger partial charge in [0.2, 0.25) is 0 Å². The van der Waals surface area contributed by atoms with Crippen LogP contribution in [0.4, 0.5) is 0 Å². The highest BCUT2D eigenvalue weighted by atomic mass is 16.6. The average molecular weight is 491 g/mol. The zero-order valence-corrected chi connectivity index (χ0v) is 23.7. The van der Waals surface area contributed by atoms with Crippen molar-refractivity contribution in [1.29, 1.82) is 0 Å². The van der Waals surface area contributed by atoms with E-state index in [9.17, 15) is 14.7 Å². The Kier molecular flexibility index (Phi) is 10.2. The number of aliphatic hydroxyl groups is 1. The molecule has 1 saturated carbocycles. The first-order chi connectivity index (χ1) is 16.2. The number of allylic oxidation sites excluding steroid dienone is 2. The third kappa shape index (κ3) is 7.44. The van der Waals surface area contributed by atoms with Gasteiger partial charge in [-0.1, -0.05) is 66.0 Å². The maximum absolute atomic E-state index is 12.7. The third-order valence-electron chi connectivity index (χ3n) is 8.16. The highest BCUT2D eigenvalue weighted by Gasteiger charge is 2.57. The van der Waals surface area contributed by atoms with Gasteiger partial charge in [0.25, 0.3) is 0 Å². The summed E-state index contributed by atoms with van der Waals surface area (Å²) >= 11 is 0. The summed E-state index contributed by atoms with van der Waals surface area (Å²) in [4.78, 5) is 24.5. The molecular weight excluding hydrogens is 440 g/mol. The summed E-state index contributed by atoms with van der Waals surface area (Å²) in [7, 11) is 0. The van der Waals surface area contributed by atoms with Crippen molar-refractivity contribution >= 4 is 11.9 Å². The van der Waals surface area contributed by atoms with Gasteiger partial charge in [-0.25, -0.2) is 0 Å². The molecule has 5 heteroatoms. The summed E-state index contributed by atoms with van der Waals surface area (Å²) in [6.07, 6.45) is 6.43. The summed E-state index contributed by atoms with van der Waals surface area (Å²) in [6.45, 7) is 19.3. The van der Waals surface area contributed by atoms with Gasteiger partial charge in [-0.3, -0.25) is 9.59 Å². The number of aliphatic hydroxyl groups excluding tert-OH is 1. The molecule has 0 unspecified atom stereocenters. The number of hydrogen-bond donors (Lipinski definition) is 1. The molecule has 35 heavy (non-hydrogen) atoms. The normalized spacial score (nSPS) is 28.8. The third-order valence-corrected chi connectivity index (χ3v) is 8.16. The van der Waals surface area contributed by atoms with E-state index in [1.54, 1.807) is 0 Å². The molecule has 2 rings (SSSR count). The molecule has 2 aliphatic rings. The van der Waals surface area contributed by atoms with Crippen molar-refractivity contribution in [2.45, 2.75) is 119 Å². The minimum absolute atomic E-state index is 0.0434. The average Bonchev–Trinajstić information content (AvgIpc) is 2.69. The van der Waals surface area contributed by atoms with Gasteiger partial charge < -0.3 is 14.6 Å². The van der Waals surface area contributed by atoms with E-state index in [1.165, 1.54) is 11.1 Å². The Labute approximate surface area is 213 Å². The zero-order chi connectivity index (χ0) is 26.6. The number of carbonyl (C=O) groups excluding carboxylic acids is 2.